The zero-order valence-electron chi connectivity index (χ0n) is 17.1. The highest BCUT2D eigenvalue weighted by Crippen LogP contribution is 2.30. The van der Waals surface area contributed by atoms with Crippen molar-refractivity contribution in [3.05, 3.63) is 29.3 Å². The molecule has 2 aliphatic rings. The summed E-state index contributed by atoms with van der Waals surface area (Å²) in [5, 5.41) is 9.37. The molecule has 0 aromatic heterocycles. The SMILES string of the molecule is COC1CC(OC2CCN(c3cc(C#N)cc(C#CCOC(C)C)c3)CC2)C1. The molecule has 0 N–H and O–H groups in total. The molecule has 0 bridgehead atoms. The van der Waals surface area contributed by atoms with Gasteiger partial charge in [-0.3, -0.25) is 0 Å². The van der Waals surface area contributed by atoms with Gasteiger partial charge in [-0.05, 0) is 57.7 Å². The van der Waals surface area contributed by atoms with Gasteiger partial charge in [-0.2, -0.15) is 5.26 Å². The monoisotopic (exact) mass is 382 g/mol. The zero-order chi connectivity index (χ0) is 19.9. The second-order valence-electron chi connectivity index (χ2n) is 7.82. The van der Waals surface area contributed by atoms with E-state index < -0.39 is 0 Å². The number of ether oxygens (including phenoxy) is 3. The third kappa shape index (κ3) is 5.72. The first-order valence-electron chi connectivity index (χ1n) is 10.2. The van der Waals surface area contributed by atoms with E-state index in [9.17, 15) is 5.26 Å². The highest BCUT2D eigenvalue weighted by atomic mass is 16.5. The molecule has 5 nitrogen and oxygen atoms in total. The number of hydrogen-bond donors (Lipinski definition) is 0. The van der Waals surface area contributed by atoms with E-state index >= 15 is 0 Å². The van der Waals surface area contributed by atoms with Crippen molar-refractivity contribution in [2.24, 2.45) is 0 Å². The summed E-state index contributed by atoms with van der Waals surface area (Å²) < 4.78 is 17.0. The van der Waals surface area contributed by atoms with Gasteiger partial charge in [0.05, 0.1) is 36.0 Å². The van der Waals surface area contributed by atoms with Crippen molar-refractivity contribution < 1.29 is 14.2 Å². The molecule has 1 heterocycles. The molecule has 2 fully saturated rings. The maximum Gasteiger partial charge on any atom is 0.108 e. The van der Waals surface area contributed by atoms with E-state index in [1.54, 1.807) is 7.11 Å². The number of nitrogens with zero attached hydrogens (tertiary/aromatic N) is 2. The molecule has 1 aliphatic carbocycles. The molecule has 1 aliphatic heterocycles. The Morgan fingerprint density at radius 3 is 2.43 bits per heavy atom. The van der Waals surface area contributed by atoms with Crippen LogP contribution in [0.3, 0.4) is 0 Å². The number of nitriles is 1. The fourth-order valence-electron chi connectivity index (χ4n) is 3.62. The second-order valence-corrected chi connectivity index (χ2v) is 7.82. The highest BCUT2D eigenvalue weighted by Gasteiger charge is 2.32. The summed E-state index contributed by atoms with van der Waals surface area (Å²) in [6.07, 6.45) is 5.28. The zero-order valence-corrected chi connectivity index (χ0v) is 17.1. The minimum atomic E-state index is 0.166. The summed E-state index contributed by atoms with van der Waals surface area (Å²) >= 11 is 0. The van der Waals surface area contributed by atoms with Gasteiger partial charge in [0.15, 0.2) is 0 Å². The predicted molar refractivity (Wildman–Crippen MR) is 109 cm³/mol. The van der Waals surface area contributed by atoms with Crippen LogP contribution in [0.2, 0.25) is 0 Å². The number of methoxy groups -OCH3 is 1. The summed E-state index contributed by atoms with van der Waals surface area (Å²) in [6.45, 7) is 6.25. The van der Waals surface area contributed by atoms with E-state index in [-0.39, 0.29) is 6.10 Å². The van der Waals surface area contributed by atoms with Crippen molar-refractivity contribution in [3.8, 4) is 17.9 Å². The quantitative estimate of drug-likeness (QED) is 0.705. The van der Waals surface area contributed by atoms with E-state index in [1.165, 1.54) is 0 Å². The molecule has 0 unspecified atom stereocenters. The van der Waals surface area contributed by atoms with Crippen LogP contribution in [-0.2, 0) is 14.2 Å². The fourth-order valence-corrected chi connectivity index (χ4v) is 3.62. The smallest absolute Gasteiger partial charge is 0.108 e. The summed E-state index contributed by atoms with van der Waals surface area (Å²) in [7, 11) is 1.77. The molecule has 1 saturated carbocycles. The third-order valence-electron chi connectivity index (χ3n) is 5.35. The lowest BCUT2D eigenvalue weighted by molar-refractivity contribution is -0.119. The van der Waals surface area contributed by atoms with Gasteiger partial charge in [-0.25, -0.2) is 0 Å². The highest BCUT2D eigenvalue weighted by molar-refractivity contribution is 5.57. The van der Waals surface area contributed by atoms with Crippen molar-refractivity contribution in [2.75, 3.05) is 31.7 Å². The molecule has 0 atom stereocenters. The lowest BCUT2D eigenvalue weighted by Gasteiger charge is -2.40. The van der Waals surface area contributed by atoms with Crippen LogP contribution in [0.25, 0.3) is 0 Å². The van der Waals surface area contributed by atoms with Crippen LogP contribution in [0.5, 0.6) is 0 Å². The molecular weight excluding hydrogens is 352 g/mol. The third-order valence-corrected chi connectivity index (χ3v) is 5.35. The fraction of sp³-hybridized carbons (Fsp3) is 0.609. The second kappa shape index (κ2) is 9.94. The van der Waals surface area contributed by atoms with Crippen molar-refractivity contribution >= 4 is 5.69 Å². The molecule has 28 heavy (non-hydrogen) atoms. The molecule has 5 heteroatoms. The molecule has 1 aromatic carbocycles. The minimum Gasteiger partial charge on any atom is -0.381 e. The Morgan fingerprint density at radius 1 is 1.07 bits per heavy atom. The molecule has 3 rings (SSSR count). The Morgan fingerprint density at radius 2 is 1.79 bits per heavy atom. The number of piperidine rings is 1. The maximum absolute atomic E-state index is 9.37. The lowest BCUT2D eigenvalue weighted by atomic mass is 9.91. The maximum atomic E-state index is 9.37. The van der Waals surface area contributed by atoms with E-state index in [0.29, 0.717) is 30.5 Å². The summed E-state index contributed by atoms with van der Waals surface area (Å²) in [4.78, 5) is 2.33. The largest absolute Gasteiger partial charge is 0.381 e. The van der Waals surface area contributed by atoms with Crippen LogP contribution in [0.4, 0.5) is 5.69 Å². The van der Waals surface area contributed by atoms with Gasteiger partial charge < -0.3 is 19.1 Å². The number of rotatable bonds is 6. The molecular formula is C23H30N2O3. The summed E-state index contributed by atoms with van der Waals surface area (Å²) in [5.41, 5.74) is 2.57. The Balaban J connectivity index is 1.56. The van der Waals surface area contributed by atoms with Gasteiger partial charge in [0.1, 0.15) is 6.61 Å². The average molecular weight is 383 g/mol. The van der Waals surface area contributed by atoms with E-state index in [2.05, 4.69) is 28.9 Å². The van der Waals surface area contributed by atoms with Crippen molar-refractivity contribution in [2.45, 2.75) is 63.9 Å². The molecule has 0 radical (unpaired) electrons. The Hall–Kier alpha value is -2.05. The normalized spacial score (nSPS) is 22.3. The van der Waals surface area contributed by atoms with Crippen LogP contribution in [0.15, 0.2) is 18.2 Å². The van der Waals surface area contributed by atoms with Gasteiger partial charge >= 0.3 is 0 Å². The van der Waals surface area contributed by atoms with Gasteiger partial charge in [-0.1, -0.05) is 11.8 Å². The van der Waals surface area contributed by atoms with Crippen molar-refractivity contribution in [3.63, 3.8) is 0 Å². The van der Waals surface area contributed by atoms with Gasteiger partial charge in [0.25, 0.3) is 0 Å². The van der Waals surface area contributed by atoms with Crippen molar-refractivity contribution in [1.29, 1.82) is 5.26 Å². The van der Waals surface area contributed by atoms with E-state index in [0.717, 1.165) is 50.0 Å². The first-order chi connectivity index (χ1) is 13.6. The van der Waals surface area contributed by atoms with E-state index in [4.69, 9.17) is 14.2 Å². The van der Waals surface area contributed by atoms with E-state index in [1.807, 2.05) is 26.0 Å². The molecule has 150 valence electrons. The van der Waals surface area contributed by atoms with Gasteiger partial charge in [-0.15, -0.1) is 0 Å². The summed E-state index contributed by atoms with van der Waals surface area (Å²) in [5.74, 6) is 6.16. The first kappa shape index (κ1) is 20.7. The van der Waals surface area contributed by atoms with Crippen LogP contribution in [0.1, 0.15) is 50.7 Å². The van der Waals surface area contributed by atoms with Crippen LogP contribution in [0, 0.1) is 23.2 Å². The Labute approximate surface area is 168 Å². The molecule has 0 spiro atoms. The van der Waals surface area contributed by atoms with Crippen molar-refractivity contribution in [1.82, 2.24) is 0 Å². The number of hydrogen-bond acceptors (Lipinski definition) is 5. The van der Waals surface area contributed by atoms with Crippen LogP contribution >= 0.6 is 0 Å². The lowest BCUT2D eigenvalue weighted by Crippen LogP contribution is -2.43. The summed E-state index contributed by atoms with van der Waals surface area (Å²) in [6, 6.07) is 8.11. The predicted octanol–water partition coefficient (Wildman–Crippen LogP) is 3.50. The average Bonchev–Trinajstić information content (AvgIpc) is 2.67. The van der Waals surface area contributed by atoms with Gasteiger partial charge in [0.2, 0.25) is 0 Å². The molecule has 0 amide bonds. The first-order valence-corrected chi connectivity index (χ1v) is 10.2. The standard InChI is InChI=1S/C23H30N2O3/c1-17(2)27-10-4-5-18-11-19(16-24)13-20(12-18)25-8-6-21(7-9-25)28-23-14-22(15-23)26-3/h11-13,17,21-23H,6-10,14-15H2,1-3H3. The minimum absolute atomic E-state index is 0.166. The van der Waals surface area contributed by atoms with Crippen LogP contribution in [-0.4, -0.2) is 51.2 Å². The molecule has 1 aromatic rings. The Bertz CT molecular complexity index is 745. The van der Waals surface area contributed by atoms with Gasteiger partial charge in [0, 0.05) is 31.5 Å². The molecule has 1 saturated heterocycles. The topological polar surface area (TPSA) is 54.7 Å². The number of benzene rings is 1. The Kier molecular flexibility index (Phi) is 7.34. The van der Waals surface area contributed by atoms with Crippen LogP contribution < -0.4 is 4.90 Å². The number of anilines is 1.